The molecule has 130 valence electrons. The lowest BCUT2D eigenvalue weighted by Gasteiger charge is -2.34. The molecule has 1 rings (SSSR count). The molecule has 0 aromatic rings. The fraction of sp³-hybridized carbons (Fsp3) is 0.857. The predicted molar refractivity (Wildman–Crippen MR) is 104 cm³/mol. The van der Waals surface area contributed by atoms with Gasteiger partial charge in [0, 0.05) is 51.8 Å². The predicted octanol–water partition coefficient (Wildman–Crippen LogP) is 1.11. The Morgan fingerprint density at radius 3 is 2.82 bits per heavy atom. The second-order valence-electron chi connectivity index (χ2n) is 5.19. The van der Waals surface area contributed by atoms with Crippen LogP contribution in [0.2, 0.25) is 0 Å². The van der Waals surface area contributed by atoms with E-state index in [1.165, 1.54) is 0 Å². The topological polar surface area (TPSA) is 57.2 Å². The Hall–Kier alpha value is -0.220. The van der Waals surface area contributed by atoms with Gasteiger partial charge in [0.25, 0.3) is 0 Å². The monoisotopic (exact) mass is 444 g/mol. The van der Waals surface area contributed by atoms with Crippen molar-refractivity contribution in [1.29, 1.82) is 0 Å². The van der Waals surface area contributed by atoms with E-state index < -0.39 is 0 Å². The third kappa shape index (κ3) is 7.87. The minimum absolute atomic E-state index is 0. The number of halogens is 1. The Labute approximate surface area is 155 Å². The van der Waals surface area contributed by atoms with E-state index in [1.54, 1.807) is 26.1 Å². The molecule has 1 atom stereocenters. The first kappa shape index (κ1) is 21.8. The van der Waals surface area contributed by atoms with Crippen molar-refractivity contribution in [1.82, 2.24) is 15.1 Å². The van der Waals surface area contributed by atoms with Gasteiger partial charge in [0.2, 0.25) is 5.91 Å². The average molecular weight is 444 g/mol. The minimum atomic E-state index is 0. The van der Waals surface area contributed by atoms with Gasteiger partial charge in [-0.05, 0) is 6.42 Å². The molecule has 0 aromatic carbocycles. The van der Waals surface area contributed by atoms with Crippen LogP contribution >= 0.6 is 35.7 Å². The molecule has 1 heterocycles. The Morgan fingerprint density at radius 1 is 1.50 bits per heavy atom. The zero-order valence-corrected chi connectivity index (χ0v) is 17.1. The number of guanidine groups is 1. The van der Waals surface area contributed by atoms with E-state index in [9.17, 15) is 4.79 Å². The first-order valence-corrected chi connectivity index (χ1v) is 8.47. The van der Waals surface area contributed by atoms with E-state index in [0.717, 1.165) is 31.2 Å². The molecule has 1 N–H and O–H groups in total. The van der Waals surface area contributed by atoms with Gasteiger partial charge in [-0.3, -0.25) is 4.79 Å². The number of carbonyl (C=O) groups is 1. The van der Waals surface area contributed by atoms with Crippen molar-refractivity contribution in [2.45, 2.75) is 18.6 Å². The summed E-state index contributed by atoms with van der Waals surface area (Å²) in [5.74, 6) is 1.94. The van der Waals surface area contributed by atoms with Gasteiger partial charge < -0.3 is 19.9 Å². The van der Waals surface area contributed by atoms with Gasteiger partial charge in [-0.25, -0.2) is 4.99 Å². The fourth-order valence-electron chi connectivity index (χ4n) is 1.98. The van der Waals surface area contributed by atoms with Crippen LogP contribution in [0, 0.1) is 0 Å². The lowest BCUT2D eigenvalue weighted by atomic mass is 10.3. The molecule has 1 amide bonds. The summed E-state index contributed by atoms with van der Waals surface area (Å²) >= 11 is 2.02. The van der Waals surface area contributed by atoms with E-state index in [-0.39, 0.29) is 36.4 Å². The van der Waals surface area contributed by atoms with Gasteiger partial charge >= 0.3 is 0 Å². The third-order valence-electron chi connectivity index (χ3n) is 3.35. The van der Waals surface area contributed by atoms with E-state index in [1.807, 2.05) is 11.8 Å². The number of rotatable bonds is 6. The molecule has 1 aliphatic heterocycles. The zero-order valence-electron chi connectivity index (χ0n) is 14.0. The van der Waals surface area contributed by atoms with Crippen LogP contribution in [0.4, 0.5) is 0 Å². The van der Waals surface area contributed by atoms with Gasteiger partial charge in [-0.1, -0.05) is 6.92 Å². The summed E-state index contributed by atoms with van der Waals surface area (Å²) in [6.07, 6.45) is 1.16. The molecule has 8 heteroatoms. The number of hydrogen-bond donors (Lipinski definition) is 1. The van der Waals surface area contributed by atoms with Crippen molar-refractivity contribution in [3.63, 3.8) is 0 Å². The molecule has 1 aliphatic rings. The SMILES string of the molecule is CCC1CN(C(=NCC(=O)N(C)C)NCCOC)CCS1.I. The van der Waals surface area contributed by atoms with Crippen molar-refractivity contribution < 1.29 is 9.53 Å². The van der Waals surface area contributed by atoms with E-state index in [4.69, 9.17) is 4.74 Å². The number of carbonyl (C=O) groups excluding carboxylic acids is 1. The highest BCUT2D eigenvalue weighted by molar-refractivity contribution is 14.0. The molecule has 0 aromatic heterocycles. The summed E-state index contributed by atoms with van der Waals surface area (Å²) in [6.45, 7) is 5.67. The van der Waals surface area contributed by atoms with Crippen LogP contribution in [0.5, 0.6) is 0 Å². The molecule has 0 spiro atoms. The Bertz CT molecular complexity index is 356. The lowest BCUT2D eigenvalue weighted by Crippen LogP contribution is -2.49. The summed E-state index contributed by atoms with van der Waals surface area (Å²) in [4.78, 5) is 20.0. The molecule has 0 bridgehead atoms. The first-order valence-electron chi connectivity index (χ1n) is 7.42. The minimum Gasteiger partial charge on any atom is -0.383 e. The molecule has 0 aliphatic carbocycles. The van der Waals surface area contributed by atoms with Crippen molar-refractivity contribution in [2.24, 2.45) is 4.99 Å². The quantitative estimate of drug-likeness (QED) is 0.288. The maximum atomic E-state index is 11.7. The van der Waals surface area contributed by atoms with Gasteiger partial charge in [-0.15, -0.1) is 24.0 Å². The van der Waals surface area contributed by atoms with Crippen LogP contribution in [-0.4, -0.2) is 86.7 Å². The third-order valence-corrected chi connectivity index (χ3v) is 4.72. The Balaban J connectivity index is 0.00000441. The summed E-state index contributed by atoms with van der Waals surface area (Å²) in [5.41, 5.74) is 0. The van der Waals surface area contributed by atoms with Crippen molar-refractivity contribution in [2.75, 3.05) is 59.7 Å². The molecule has 1 fully saturated rings. The number of nitrogens with zero attached hydrogens (tertiary/aromatic N) is 3. The summed E-state index contributed by atoms with van der Waals surface area (Å²) in [5, 5.41) is 3.94. The highest BCUT2D eigenvalue weighted by Gasteiger charge is 2.21. The standard InChI is InChI=1S/C14H28N4O2S.HI/c1-5-12-11-18(7-9-21-12)14(15-6-8-20-4)16-10-13(19)17(2)3;/h12H,5-11H2,1-4H3,(H,15,16);1H. The maximum absolute atomic E-state index is 11.7. The van der Waals surface area contributed by atoms with Crippen LogP contribution in [0.3, 0.4) is 0 Å². The summed E-state index contributed by atoms with van der Waals surface area (Å²) < 4.78 is 5.07. The molecule has 0 radical (unpaired) electrons. The van der Waals surface area contributed by atoms with Crippen LogP contribution in [0.15, 0.2) is 4.99 Å². The number of thioether (sulfide) groups is 1. The molecule has 1 saturated heterocycles. The van der Waals surface area contributed by atoms with E-state index in [2.05, 4.69) is 22.1 Å². The number of hydrogen-bond acceptors (Lipinski definition) is 4. The average Bonchev–Trinajstić information content (AvgIpc) is 2.50. The number of nitrogens with one attached hydrogen (secondary N) is 1. The van der Waals surface area contributed by atoms with Crippen molar-refractivity contribution in [3.8, 4) is 0 Å². The van der Waals surface area contributed by atoms with Gasteiger partial charge in [0.05, 0.1) is 6.61 Å². The van der Waals surface area contributed by atoms with E-state index in [0.29, 0.717) is 18.4 Å². The molecule has 22 heavy (non-hydrogen) atoms. The summed E-state index contributed by atoms with van der Waals surface area (Å²) in [6, 6.07) is 0. The second kappa shape index (κ2) is 12.2. The number of ether oxygens (including phenoxy) is 1. The second-order valence-corrected chi connectivity index (χ2v) is 6.60. The molecular weight excluding hydrogens is 415 g/mol. The van der Waals surface area contributed by atoms with Crippen molar-refractivity contribution >= 4 is 47.6 Å². The summed E-state index contributed by atoms with van der Waals surface area (Å²) in [7, 11) is 5.18. The molecule has 6 nitrogen and oxygen atoms in total. The smallest absolute Gasteiger partial charge is 0.243 e. The van der Waals surface area contributed by atoms with Gasteiger partial charge in [0.1, 0.15) is 6.54 Å². The Morgan fingerprint density at radius 2 is 2.23 bits per heavy atom. The van der Waals surface area contributed by atoms with Gasteiger partial charge in [0.15, 0.2) is 5.96 Å². The number of aliphatic imine (C=N–C) groups is 1. The number of amides is 1. The fourth-order valence-corrected chi connectivity index (χ4v) is 3.16. The van der Waals surface area contributed by atoms with E-state index >= 15 is 0 Å². The highest BCUT2D eigenvalue weighted by Crippen LogP contribution is 2.20. The number of likely N-dealkylation sites (N-methyl/N-ethyl adjacent to an activating group) is 1. The first-order chi connectivity index (χ1) is 10.1. The van der Waals surface area contributed by atoms with Crippen LogP contribution in [-0.2, 0) is 9.53 Å². The molecular formula is C14H29IN4O2S. The highest BCUT2D eigenvalue weighted by atomic mass is 127. The normalized spacial score (nSPS) is 18.6. The largest absolute Gasteiger partial charge is 0.383 e. The molecule has 0 saturated carbocycles. The van der Waals surface area contributed by atoms with Crippen LogP contribution in [0.25, 0.3) is 0 Å². The van der Waals surface area contributed by atoms with Crippen molar-refractivity contribution in [3.05, 3.63) is 0 Å². The number of methoxy groups -OCH3 is 1. The lowest BCUT2D eigenvalue weighted by molar-refractivity contribution is -0.127. The Kier molecular flexibility index (Phi) is 12.1. The van der Waals surface area contributed by atoms with Crippen LogP contribution in [0.1, 0.15) is 13.3 Å². The van der Waals surface area contributed by atoms with Gasteiger partial charge in [-0.2, -0.15) is 11.8 Å². The zero-order chi connectivity index (χ0) is 15.7. The maximum Gasteiger partial charge on any atom is 0.243 e. The molecule has 1 unspecified atom stereocenters. The van der Waals surface area contributed by atoms with Crippen LogP contribution < -0.4 is 5.32 Å².